The predicted molar refractivity (Wildman–Crippen MR) is 122 cm³/mol. The summed E-state index contributed by atoms with van der Waals surface area (Å²) >= 11 is 1.13. The van der Waals surface area contributed by atoms with Gasteiger partial charge in [0.25, 0.3) is 11.3 Å². The second-order valence-electron chi connectivity index (χ2n) is 8.26. The van der Waals surface area contributed by atoms with Gasteiger partial charge in [-0.05, 0) is 36.9 Å². The molecule has 5 rings (SSSR count). The van der Waals surface area contributed by atoms with Crippen LogP contribution in [0.15, 0.2) is 28.5 Å². The quantitative estimate of drug-likeness (QED) is 0.221. The number of hydrogen-bond donors (Lipinski definition) is 2. The van der Waals surface area contributed by atoms with E-state index in [1.165, 1.54) is 6.07 Å². The van der Waals surface area contributed by atoms with Crippen LogP contribution in [0.4, 0.5) is 11.5 Å². The summed E-state index contributed by atoms with van der Waals surface area (Å²) in [4.78, 5) is 36.4. The lowest BCUT2D eigenvalue weighted by atomic mass is 9.94. The van der Waals surface area contributed by atoms with E-state index in [0.717, 1.165) is 50.5 Å². The Labute approximate surface area is 198 Å². The first-order valence-electron chi connectivity index (χ1n) is 11.0. The van der Waals surface area contributed by atoms with Gasteiger partial charge in [-0.25, -0.2) is 4.57 Å². The van der Waals surface area contributed by atoms with E-state index in [1.54, 1.807) is 17.3 Å². The van der Waals surface area contributed by atoms with Crippen LogP contribution in [-0.2, 0) is 11.3 Å². The fourth-order valence-corrected chi connectivity index (χ4v) is 5.15. The van der Waals surface area contributed by atoms with Crippen molar-refractivity contribution in [1.29, 1.82) is 0 Å². The maximum atomic E-state index is 11.7. The van der Waals surface area contributed by atoms with Crippen LogP contribution in [0.1, 0.15) is 19.3 Å². The van der Waals surface area contributed by atoms with Gasteiger partial charge in [0.1, 0.15) is 13.2 Å². The van der Waals surface area contributed by atoms with Crippen molar-refractivity contribution in [2.24, 2.45) is 5.92 Å². The molecule has 0 atom stereocenters. The molecular formula is C21H24N7O5S+. The standard InChI is InChI=1S/C21H23N7O5S/c22-19-18-20(27(11-23-19)6-3-13-1-4-26(12-29)5-2-13)25-21(24-18)34-17-10-16-15(32-7-8-33-16)9-14(17)28(30)31/h9-13H,1-8H2,(H2,22,24,25)/p+1. The topological polar surface area (TPSA) is 153 Å². The van der Waals surface area contributed by atoms with E-state index in [2.05, 4.69) is 15.0 Å². The molecule has 0 spiro atoms. The number of carbonyl (C=O) groups is 1. The summed E-state index contributed by atoms with van der Waals surface area (Å²) in [5.41, 5.74) is 7.22. The van der Waals surface area contributed by atoms with Crippen molar-refractivity contribution in [2.75, 3.05) is 32.0 Å². The van der Waals surface area contributed by atoms with Gasteiger partial charge in [-0.2, -0.15) is 0 Å². The van der Waals surface area contributed by atoms with Gasteiger partial charge in [0.2, 0.25) is 23.7 Å². The van der Waals surface area contributed by atoms with E-state index in [9.17, 15) is 14.9 Å². The molecule has 1 saturated heterocycles. The number of imidazole rings is 1. The highest BCUT2D eigenvalue weighted by molar-refractivity contribution is 7.99. The van der Waals surface area contributed by atoms with Crippen LogP contribution < -0.4 is 19.8 Å². The van der Waals surface area contributed by atoms with Crippen molar-refractivity contribution in [2.45, 2.75) is 35.9 Å². The number of aromatic nitrogens is 4. The van der Waals surface area contributed by atoms with Gasteiger partial charge in [0, 0.05) is 19.2 Å². The highest BCUT2D eigenvalue weighted by Crippen LogP contribution is 2.42. The molecule has 2 aliphatic heterocycles. The van der Waals surface area contributed by atoms with Gasteiger partial charge in [-0.1, -0.05) is 9.97 Å². The fourth-order valence-electron chi connectivity index (χ4n) is 4.25. The van der Waals surface area contributed by atoms with Crippen molar-refractivity contribution in [3.8, 4) is 11.5 Å². The van der Waals surface area contributed by atoms with E-state index >= 15 is 0 Å². The fraction of sp³-hybridized carbons (Fsp3) is 0.429. The number of hydrogen-bond acceptors (Lipinski definition) is 9. The number of benzene rings is 1. The third kappa shape index (κ3) is 4.42. The summed E-state index contributed by atoms with van der Waals surface area (Å²) in [5.74, 6) is 1.65. The number of nitrogen functional groups attached to an aromatic ring is 1. The number of ether oxygens (including phenoxy) is 2. The summed E-state index contributed by atoms with van der Waals surface area (Å²) in [6.07, 6.45) is 5.45. The first-order chi connectivity index (χ1) is 16.5. The number of nitrogens with one attached hydrogen (secondary N) is 1. The van der Waals surface area contributed by atoms with Gasteiger partial charge in [-0.15, -0.1) is 0 Å². The Hall–Kier alpha value is -3.61. The van der Waals surface area contributed by atoms with Crippen LogP contribution in [0.25, 0.3) is 11.2 Å². The molecule has 4 heterocycles. The molecule has 2 aliphatic rings. The third-order valence-corrected chi connectivity index (χ3v) is 7.06. The highest BCUT2D eigenvalue weighted by atomic mass is 32.2. The van der Waals surface area contributed by atoms with Crippen LogP contribution in [-0.4, -0.2) is 57.5 Å². The SMILES string of the molecule is Nc1nc[n+](CCC2CCN(C=O)CC2)c2nc(Sc3cc4c(cc3[N+](=O)[O-])OCCO4)[nH]c12. The van der Waals surface area contributed by atoms with Gasteiger partial charge in [-0.3, -0.25) is 14.9 Å². The molecule has 1 aromatic carbocycles. The summed E-state index contributed by atoms with van der Waals surface area (Å²) in [6.45, 7) is 3.00. The molecule has 0 saturated carbocycles. The number of H-pyrrole nitrogens is 1. The third-order valence-electron chi connectivity index (χ3n) is 6.13. The van der Waals surface area contributed by atoms with Gasteiger partial charge < -0.3 is 25.1 Å². The number of anilines is 1. The number of rotatable bonds is 7. The van der Waals surface area contributed by atoms with E-state index in [0.29, 0.717) is 64.2 Å². The molecule has 3 aromatic rings. The van der Waals surface area contributed by atoms with Crippen molar-refractivity contribution < 1.29 is 23.8 Å². The minimum atomic E-state index is -0.449. The van der Waals surface area contributed by atoms with Crippen LogP contribution in [0.3, 0.4) is 0 Å². The normalized spacial score (nSPS) is 16.1. The number of nitro groups is 1. The Morgan fingerprint density at radius 1 is 1.29 bits per heavy atom. The molecule has 1 fully saturated rings. The second-order valence-corrected chi connectivity index (χ2v) is 9.29. The van der Waals surface area contributed by atoms with E-state index in [1.807, 2.05) is 4.57 Å². The monoisotopic (exact) mass is 486 g/mol. The Morgan fingerprint density at radius 3 is 2.74 bits per heavy atom. The lowest BCUT2D eigenvalue weighted by Crippen LogP contribution is -2.38. The maximum Gasteiger partial charge on any atom is 0.294 e. The average molecular weight is 487 g/mol. The first-order valence-corrected chi connectivity index (χ1v) is 11.8. The largest absolute Gasteiger partial charge is 0.486 e. The number of nitrogens with zero attached hydrogens (tertiary/aromatic N) is 5. The second kappa shape index (κ2) is 9.33. The molecule has 0 unspecified atom stereocenters. The molecule has 0 radical (unpaired) electrons. The molecule has 178 valence electrons. The van der Waals surface area contributed by atoms with E-state index in [-0.39, 0.29) is 5.69 Å². The van der Waals surface area contributed by atoms with Crippen molar-refractivity contribution >= 4 is 40.8 Å². The zero-order valence-electron chi connectivity index (χ0n) is 18.3. The predicted octanol–water partition coefficient (Wildman–Crippen LogP) is 1.92. The molecule has 1 amide bonds. The number of fused-ring (bicyclic) bond motifs is 2. The number of aryl methyl sites for hydroxylation is 1. The number of piperidine rings is 1. The van der Waals surface area contributed by atoms with E-state index < -0.39 is 4.92 Å². The maximum absolute atomic E-state index is 11.7. The summed E-state index contributed by atoms with van der Waals surface area (Å²) in [6, 6.07) is 2.98. The first kappa shape index (κ1) is 22.2. The number of aromatic amines is 1. The van der Waals surface area contributed by atoms with Crippen LogP contribution in [0.2, 0.25) is 0 Å². The minimum absolute atomic E-state index is 0.0876. The van der Waals surface area contributed by atoms with Crippen LogP contribution in [0.5, 0.6) is 11.5 Å². The molecule has 0 bridgehead atoms. The Balaban J connectivity index is 1.39. The molecule has 34 heavy (non-hydrogen) atoms. The molecule has 2 aromatic heterocycles. The number of amides is 1. The van der Waals surface area contributed by atoms with Gasteiger partial charge in [0.15, 0.2) is 17.0 Å². The zero-order valence-corrected chi connectivity index (χ0v) is 19.1. The van der Waals surface area contributed by atoms with Crippen molar-refractivity contribution in [3.63, 3.8) is 0 Å². The Morgan fingerprint density at radius 2 is 2.03 bits per heavy atom. The average Bonchev–Trinajstić information content (AvgIpc) is 3.28. The smallest absolute Gasteiger partial charge is 0.294 e. The summed E-state index contributed by atoms with van der Waals surface area (Å²) < 4.78 is 13.0. The minimum Gasteiger partial charge on any atom is -0.486 e. The van der Waals surface area contributed by atoms with Gasteiger partial charge in [0.05, 0.1) is 22.4 Å². The van der Waals surface area contributed by atoms with Crippen LogP contribution in [0, 0.1) is 16.0 Å². The lowest BCUT2D eigenvalue weighted by molar-refractivity contribution is -0.677. The molecular weight excluding hydrogens is 462 g/mol. The Bertz CT molecular complexity index is 1240. The van der Waals surface area contributed by atoms with Crippen molar-refractivity contribution in [1.82, 2.24) is 19.9 Å². The number of nitro benzene ring substituents is 1. The Kier molecular flexibility index (Phi) is 6.09. The number of likely N-dealkylation sites (tertiary alicyclic amines) is 1. The molecule has 0 aliphatic carbocycles. The molecule has 12 nitrogen and oxygen atoms in total. The number of carbonyl (C=O) groups excluding carboxylic acids is 1. The zero-order chi connectivity index (χ0) is 23.7. The molecule has 3 N–H and O–H groups in total. The lowest BCUT2D eigenvalue weighted by Gasteiger charge is -2.28. The number of nitrogens with two attached hydrogens (primary N) is 1. The van der Waals surface area contributed by atoms with Crippen molar-refractivity contribution in [3.05, 3.63) is 28.6 Å². The molecule has 13 heteroatoms. The summed E-state index contributed by atoms with van der Waals surface area (Å²) in [5, 5.41) is 12.1. The van der Waals surface area contributed by atoms with Crippen LogP contribution >= 0.6 is 11.8 Å². The summed E-state index contributed by atoms with van der Waals surface area (Å²) in [7, 11) is 0. The highest BCUT2D eigenvalue weighted by Gasteiger charge is 2.26. The van der Waals surface area contributed by atoms with Gasteiger partial charge >= 0.3 is 0 Å². The van der Waals surface area contributed by atoms with E-state index in [4.69, 9.17) is 15.2 Å².